The van der Waals surface area contributed by atoms with Crippen molar-refractivity contribution < 1.29 is 19.5 Å². The highest BCUT2D eigenvalue weighted by Gasteiger charge is 2.05. The van der Waals surface area contributed by atoms with E-state index < -0.39 is 5.97 Å². The molecule has 0 atom stereocenters. The van der Waals surface area contributed by atoms with E-state index in [1.165, 1.54) is 0 Å². The number of carbonyl (C=O) groups is 3. The van der Waals surface area contributed by atoms with Gasteiger partial charge in [0.15, 0.2) is 0 Å². The van der Waals surface area contributed by atoms with Gasteiger partial charge in [-0.25, -0.2) is 0 Å². The highest BCUT2D eigenvalue weighted by Crippen LogP contribution is 2.02. The predicted molar refractivity (Wildman–Crippen MR) is 78.0 cm³/mol. The largest absolute Gasteiger partial charge is 0.481 e. The minimum absolute atomic E-state index is 0.0163. The molecule has 0 aliphatic rings. The van der Waals surface area contributed by atoms with Gasteiger partial charge in [0.25, 0.3) is 5.91 Å². The maximum Gasteiger partial charge on any atom is 0.303 e. The molecule has 0 aliphatic carbocycles. The lowest BCUT2D eigenvalue weighted by atomic mass is 10.1. The van der Waals surface area contributed by atoms with Gasteiger partial charge in [0.05, 0.1) is 0 Å². The number of nitrogens with one attached hydrogen (secondary N) is 2. The molecule has 0 heterocycles. The summed E-state index contributed by atoms with van der Waals surface area (Å²) in [6.45, 7) is 2.60. The van der Waals surface area contributed by atoms with Crippen LogP contribution in [-0.4, -0.2) is 36.0 Å². The lowest BCUT2D eigenvalue weighted by Crippen LogP contribution is -2.34. The Bertz CT molecular complexity index is 497. The third-order valence-electron chi connectivity index (χ3n) is 2.84. The maximum atomic E-state index is 11.8. The van der Waals surface area contributed by atoms with Crippen LogP contribution in [-0.2, 0) is 9.59 Å². The van der Waals surface area contributed by atoms with Crippen LogP contribution in [0.2, 0.25) is 0 Å². The van der Waals surface area contributed by atoms with Crippen LogP contribution in [0.25, 0.3) is 0 Å². The van der Waals surface area contributed by atoms with Crippen molar-refractivity contribution in [2.75, 3.05) is 13.1 Å². The molecule has 3 N–H and O–H groups in total. The zero-order chi connectivity index (χ0) is 15.7. The zero-order valence-electron chi connectivity index (χ0n) is 12.0. The Morgan fingerprint density at radius 1 is 1.00 bits per heavy atom. The van der Waals surface area contributed by atoms with E-state index in [1.54, 1.807) is 12.1 Å². The highest BCUT2D eigenvalue weighted by molar-refractivity contribution is 5.94. The molecule has 21 heavy (non-hydrogen) atoms. The van der Waals surface area contributed by atoms with Gasteiger partial charge < -0.3 is 15.7 Å². The van der Waals surface area contributed by atoms with E-state index in [0.717, 1.165) is 5.56 Å². The number of carbonyl (C=O) groups excluding carboxylic acids is 2. The number of hydrogen-bond acceptors (Lipinski definition) is 3. The molecule has 2 amide bonds. The van der Waals surface area contributed by atoms with E-state index in [2.05, 4.69) is 10.6 Å². The quantitative estimate of drug-likeness (QED) is 0.625. The van der Waals surface area contributed by atoms with E-state index >= 15 is 0 Å². The first kappa shape index (κ1) is 16.7. The first-order chi connectivity index (χ1) is 9.99. The van der Waals surface area contributed by atoms with Gasteiger partial charge >= 0.3 is 5.97 Å². The molecule has 6 heteroatoms. The SMILES string of the molecule is Cc1ccc(C(=O)NCCNC(=O)CCCC(=O)O)cc1. The van der Waals surface area contributed by atoms with Gasteiger partial charge in [-0.15, -0.1) is 0 Å². The summed E-state index contributed by atoms with van der Waals surface area (Å²) in [5.41, 5.74) is 1.66. The van der Waals surface area contributed by atoms with Crippen LogP contribution in [0, 0.1) is 6.92 Å². The number of carboxylic acid groups (broad SMARTS) is 1. The number of benzene rings is 1. The van der Waals surface area contributed by atoms with Crippen molar-refractivity contribution in [3.63, 3.8) is 0 Å². The van der Waals surface area contributed by atoms with Crippen LogP contribution in [0.4, 0.5) is 0 Å². The van der Waals surface area contributed by atoms with Crippen molar-refractivity contribution in [1.82, 2.24) is 10.6 Å². The van der Waals surface area contributed by atoms with Crippen LogP contribution in [0.1, 0.15) is 35.2 Å². The zero-order valence-corrected chi connectivity index (χ0v) is 12.0. The topological polar surface area (TPSA) is 95.5 Å². The minimum atomic E-state index is -0.909. The summed E-state index contributed by atoms with van der Waals surface area (Å²) in [5.74, 6) is -1.30. The van der Waals surface area contributed by atoms with E-state index in [-0.39, 0.29) is 24.7 Å². The molecule has 0 fully saturated rings. The van der Waals surface area contributed by atoms with E-state index in [4.69, 9.17) is 5.11 Å². The summed E-state index contributed by atoms with van der Waals surface area (Å²) in [7, 11) is 0. The number of amides is 2. The molecule has 114 valence electrons. The summed E-state index contributed by atoms with van der Waals surface area (Å²) in [4.78, 5) is 33.4. The van der Waals surface area contributed by atoms with Gasteiger partial charge in [-0.1, -0.05) is 17.7 Å². The summed E-state index contributed by atoms with van der Waals surface area (Å²) in [6.07, 6.45) is 0.479. The van der Waals surface area contributed by atoms with Gasteiger partial charge in [-0.2, -0.15) is 0 Å². The maximum absolute atomic E-state index is 11.8. The number of carboxylic acids is 1. The van der Waals surface area contributed by atoms with Gasteiger partial charge in [0.2, 0.25) is 5.91 Å². The van der Waals surface area contributed by atoms with Gasteiger partial charge in [-0.3, -0.25) is 14.4 Å². The lowest BCUT2D eigenvalue weighted by Gasteiger charge is -2.07. The molecule has 6 nitrogen and oxygen atoms in total. The number of hydrogen-bond donors (Lipinski definition) is 3. The molecule has 0 spiro atoms. The molecule has 1 rings (SSSR count). The lowest BCUT2D eigenvalue weighted by molar-refractivity contribution is -0.137. The number of aliphatic carboxylic acids is 1. The Labute approximate surface area is 123 Å². The standard InChI is InChI=1S/C15H20N2O4/c1-11-5-7-12(8-6-11)15(21)17-10-9-16-13(18)3-2-4-14(19)20/h5-8H,2-4,9-10H2,1H3,(H,16,18)(H,17,21)(H,19,20). The molecule has 0 unspecified atom stereocenters. The first-order valence-electron chi connectivity index (χ1n) is 6.82. The Balaban J connectivity index is 2.16. The second-order valence-electron chi connectivity index (χ2n) is 4.72. The fourth-order valence-electron chi connectivity index (χ4n) is 1.67. The van der Waals surface area contributed by atoms with Crippen molar-refractivity contribution in [3.8, 4) is 0 Å². The summed E-state index contributed by atoms with van der Waals surface area (Å²) < 4.78 is 0. The van der Waals surface area contributed by atoms with E-state index in [0.29, 0.717) is 25.1 Å². The molecule has 0 aromatic heterocycles. The molecule has 0 saturated carbocycles. The van der Waals surface area contributed by atoms with Crippen molar-refractivity contribution in [3.05, 3.63) is 35.4 Å². The predicted octanol–water partition coefficient (Wildman–Crippen LogP) is 1.10. The molecular weight excluding hydrogens is 272 g/mol. The normalized spacial score (nSPS) is 9.95. The highest BCUT2D eigenvalue weighted by atomic mass is 16.4. The minimum Gasteiger partial charge on any atom is -0.481 e. The van der Waals surface area contributed by atoms with Crippen molar-refractivity contribution in [1.29, 1.82) is 0 Å². The third-order valence-corrected chi connectivity index (χ3v) is 2.84. The van der Waals surface area contributed by atoms with Crippen LogP contribution in [0.15, 0.2) is 24.3 Å². The molecule has 1 aromatic carbocycles. The smallest absolute Gasteiger partial charge is 0.303 e. The fourth-order valence-corrected chi connectivity index (χ4v) is 1.67. The first-order valence-corrected chi connectivity index (χ1v) is 6.82. The van der Waals surface area contributed by atoms with E-state index in [1.807, 2.05) is 19.1 Å². The molecule has 1 aromatic rings. The summed E-state index contributed by atoms with van der Waals surface area (Å²) in [5, 5.41) is 13.8. The van der Waals surface area contributed by atoms with Crippen LogP contribution >= 0.6 is 0 Å². The van der Waals surface area contributed by atoms with Gasteiger partial charge in [-0.05, 0) is 25.5 Å². The van der Waals surface area contributed by atoms with Crippen LogP contribution in [0.3, 0.4) is 0 Å². The monoisotopic (exact) mass is 292 g/mol. The molecule has 0 bridgehead atoms. The van der Waals surface area contributed by atoms with Gasteiger partial charge in [0, 0.05) is 31.5 Å². The summed E-state index contributed by atoms with van der Waals surface area (Å²) >= 11 is 0. The Morgan fingerprint density at radius 3 is 2.24 bits per heavy atom. The van der Waals surface area contributed by atoms with Crippen molar-refractivity contribution in [2.45, 2.75) is 26.2 Å². The average molecular weight is 292 g/mol. The Hall–Kier alpha value is -2.37. The second kappa shape index (κ2) is 8.73. The molecule has 0 aliphatic heterocycles. The average Bonchev–Trinajstić information content (AvgIpc) is 2.43. The van der Waals surface area contributed by atoms with E-state index in [9.17, 15) is 14.4 Å². The number of rotatable bonds is 8. The van der Waals surface area contributed by atoms with Crippen molar-refractivity contribution >= 4 is 17.8 Å². The Kier molecular flexibility index (Phi) is 6.94. The third kappa shape index (κ3) is 7.10. The molecule has 0 saturated heterocycles. The van der Waals surface area contributed by atoms with Gasteiger partial charge in [0.1, 0.15) is 0 Å². The van der Waals surface area contributed by atoms with Crippen molar-refractivity contribution in [2.24, 2.45) is 0 Å². The van der Waals surface area contributed by atoms with Crippen LogP contribution in [0.5, 0.6) is 0 Å². The van der Waals surface area contributed by atoms with Crippen LogP contribution < -0.4 is 10.6 Å². The summed E-state index contributed by atoms with van der Waals surface area (Å²) in [6, 6.07) is 7.21. The second-order valence-corrected chi connectivity index (χ2v) is 4.72. The number of aryl methyl sites for hydroxylation is 1. The molecule has 0 radical (unpaired) electrons. The fraction of sp³-hybridized carbons (Fsp3) is 0.400. The Morgan fingerprint density at radius 2 is 1.62 bits per heavy atom. The molecular formula is C15H20N2O4.